The van der Waals surface area contributed by atoms with Gasteiger partial charge in [-0.15, -0.1) is 0 Å². The number of hydrogen-bond donors (Lipinski definition) is 0. The van der Waals surface area contributed by atoms with Crippen molar-refractivity contribution in [1.82, 2.24) is 0 Å². The Morgan fingerprint density at radius 3 is 2.33 bits per heavy atom. The Morgan fingerprint density at radius 1 is 1.19 bits per heavy atom. The van der Waals surface area contributed by atoms with Gasteiger partial charge in [0.2, 0.25) is 0 Å². The maximum Gasteiger partial charge on any atom is 0.341 e. The predicted molar refractivity (Wildman–Crippen MR) is 89.3 cm³/mol. The van der Waals surface area contributed by atoms with E-state index in [9.17, 15) is 4.79 Å². The number of para-hydroxylation sites is 1. The first-order chi connectivity index (χ1) is 10.1. The van der Waals surface area contributed by atoms with E-state index in [4.69, 9.17) is 9.47 Å². The number of carbonyl (C=O) groups is 1. The Hall–Kier alpha value is -1.03. The van der Waals surface area contributed by atoms with E-state index in [1.807, 2.05) is 18.2 Å². The zero-order chi connectivity index (χ0) is 15.7. The molecule has 0 saturated carbocycles. The van der Waals surface area contributed by atoms with E-state index in [1.165, 1.54) is 7.11 Å². The van der Waals surface area contributed by atoms with Crippen molar-refractivity contribution in [3.8, 4) is 5.75 Å². The number of hydrogen-bond acceptors (Lipinski definition) is 3. The third-order valence-corrected chi connectivity index (χ3v) is 4.86. The lowest BCUT2D eigenvalue weighted by Gasteiger charge is -2.31. The predicted octanol–water partition coefficient (Wildman–Crippen LogP) is 4.83. The summed E-state index contributed by atoms with van der Waals surface area (Å²) < 4.78 is 10.8. The molecule has 1 rings (SSSR count). The SMILES string of the molecule is CCCC(CBr)(CCC)COc1ccccc1C(=O)OC. The molecule has 0 aliphatic carbocycles. The molecule has 0 aliphatic rings. The van der Waals surface area contributed by atoms with Crippen LogP contribution >= 0.6 is 15.9 Å². The highest BCUT2D eigenvalue weighted by Gasteiger charge is 2.28. The molecule has 4 heteroatoms. The number of halogens is 1. The van der Waals surface area contributed by atoms with Gasteiger partial charge in [0.25, 0.3) is 0 Å². The molecule has 0 saturated heterocycles. The third kappa shape index (κ3) is 5.03. The lowest BCUT2D eigenvalue weighted by molar-refractivity contribution is 0.0591. The van der Waals surface area contributed by atoms with E-state index in [0.717, 1.165) is 31.0 Å². The highest BCUT2D eigenvalue weighted by molar-refractivity contribution is 9.09. The topological polar surface area (TPSA) is 35.5 Å². The number of alkyl halides is 1. The van der Waals surface area contributed by atoms with Gasteiger partial charge in [-0.1, -0.05) is 54.8 Å². The number of esters is 1. The van der Waals surface area contributed by atoms with Crippen LogP contribution in [0.15, 0.2) is 24.3 Å². The standard InChI is InChI=1S/C17H25BrO3/c1-4-10-17(12-18,11-5-2)13-21-15-9-7-6-8-14(15)16(19)20-3/h6-9H,4-5,10-13H2,1-3H3. The zero-order valence-corrected chi connectivity index (χ0v) is 14.7. The molecule has 1 aromatic rings. The van der Waals surface area contributed by atoms with Gasteiger partial charge in [0.05, 0.1) is 13.7 Å². The van der Waals surface area contributed by atoms with Gasteiger partial charge in [0.1, 0.15) is 11.3 Å². The molecule has 0 aliphatic heterocycles. The van der Waals surface area contributed by atoms with E-state index < -0.39 is 0 Å². The summed E-state index contributed by atoms with van der Waals surface area (Å²) in [6.45, 7) is 4.98. The second-order valence-electron chi connectivity index (χ2n) is 5.41. The van der Waals surface area contributed by atoms with Crippen LogP contribution in [0, 0.1) is 5.41 Å². The Balaban J connectivity index is 2.87. The fourth-order valence-corrected chi connectivity index (χ4v) is 3.33. The zero-order valence-electron chi connectivity index (χ0n) is 13.2. The van der Waals surface area contributed by atoms with Gasteiger partial charge in [-0.2, -0.15) is 0 Å². The highest BCUT2D eigenvalue weighted by atomic mass is 79.9. The van der Waals surface area contributed by atoms with E-state index >= 15 is 0 Å². The largest absolute Gasteiger partial charge is 0.492 e. The Labute approximate surface area is 136 Å². The fraction of sp³-hybridized carbons (Fsp3) is 0.588. The first-order valence-corrected chi connectivity index (χ1v) is 8.60. The minimum Gasteiger partial charge on any atom is -0.492 e. The Morgan fingerprint density at radius 2 is 1.81 bits per heavy atom. The quantitative estimate of drug-likeness (QED) is 0.469. The summed E-state index contributed by atoms with van der Waals surface area (Å²) in [4.78, 5) is 11.8. The van der Waals surface area contributed by atoms with Crippen molar-refractivity contribution < 1.29 is 14.3 Å². The van der Waals surface area contributed by atoms with Gasteiger partial charge in [0.15, 0.2) is 0 Å². The van der Waals surface area contributed by atoms with Crippen LogP contribution in [0.5, 0.6) is 5.75 Å². The molecule has 0 unspecified atom stereocenters. The van der Waals surface area contributed by atoms with Crippen LogP contribution in [0.3, 0.4) is 0 Å². The molecule has 0 spiro atoms. The molecule has 3 nitrogen and oxygen atoms in total. The van der Waals surface area contributed by atoms with Gasteiger partial charge < -0.3 is 9.47 Å². The molecular formula is C17H25BrO3. The van der Waals surface area contributed by atoms with Crippen molar-refractivity contribution >= 4 is 21.9 Å². The molecule has 0 bridgehead atoms. The van der Waals surface area contributed by atoms with E-state index in [-0.39, 0.29) is 11.4 Å². The number of carbonyl (C=O) groups excluding carboxylic acids is 1. The Kier molecular flexibility index (Phi) is 7.79. The summed E-state index contributed by atoms with van der Waals surface area (Å²) in [5, 5.41) is 0.905. The third-order valence-electron chi connectivity index (χ3n) is 3.67. The van der Waals surface area contributed by atoms with Crippen LogP contribution in [0.1, 0.15) is 49.9 Å². The lowest BCUT2D eigenvalue weighted by Crippen LogP contribution is -2.30. The number of ether oxygens (including phenoxy) is 2. The van der Waals surface area contributed by atoms with Gasteiger partial charge >= 0.3 is 5.97 Å². The van der Waals surface area contributed by atoms with E-state index in [2.05, 4.69) is 29.8 Å². The van der Waals surface area contributed by atoms with Gasteiger partial charge in [-0.05, 0) is 25.0 Å². The first-order valence-electron chi connectivity index (χ1n) is 7.48. The molecule has 0 atom stereocenters. The van der Waals surface area contributed by atoms with Crippen molar-refractivity contribution in [2.75, 3.05) is 19.0 Å². The van der Waals surface area contributed by atoms with Crippen LogP contribution < -0.4 is 4.74 Å². The monoisotopic (exact) mass is 356 g/mol. The molecule has 0 heterocycles. The molecule has 0 aromatic heterocycles. The number of benzene rings is 1. The van der Waals surface area contributed by atoms with Crippen LogP contribution in [-0.4, -0.2) is 25.0 Å². The van der Waals surface area contributed by atoms with Gasteiger partial charge in [-0.3, -0.25) is 0 Å². The average Bonchev–Trinajstić information content (AvgIpc) is 2.52. The summed E-state index contributed by atoms with van der Waals surface area (Å²) in [6, 6.07) is 7.24. The summed E-state index contributed by atoms with van der Waals surface area (Å²) in [5.41, 5.74) is 0.601. The molecule has 21 heavy (non-hydrogen) atoms. The minimum atomic E-state index is -0.360. The van der Waals surface area contributed by atoms with Gasteiger partial charge in [0, 0.05) is 10.7 Å². The second kappa shape index (κ2) is 9.08. The van der Waals surface area contributed by atoms with Crippen molar-refractivity contribution in [3.05, 3.63) is 29.8 Å². The highest BCUT2D eigenvalue weighted by Crippen LogP contribution is 2.33. The van der Waals surface area contributed by atoms with Crippen LogP contribution in [0.25, 0.3) is 0 Å². The van der Waals surface area contributed by atoms with E-state index in [1.54, 1.807) is 6.07 Å². The van der Waals surface area contributed by atoms with E-state index in [0.29, 0.717) is 17.9 Å². The number of methoxy groups -OCH3 is 1. The van der Waals surface area contributed by atoms with Crippen LogP contribution in [-0.2, 0) is 4.74 Å². The van der Waals surface area contributed by atoms with Crippen molar-refractivity contribution in [2.24, 2.45) is 5.41 Å². The average molecular weight is 357 g/mol. The number of rotatable bonds is 9. The summed E-state index contributed by atoms with van der Waals surface area (Å²) in [7, 11) is 1.38. The van der Waals surface area contributed by atoms with Crippen LogP contribution in [0.2, 0.25) is 0 Å². The van der Waals surface area contributed by atoms with Gasteiger partial charge in [-0.25, -0.2) is 4.79 Å². The summed E-state index contributed by atoms with van der Waals surface area (Å²) in [5.74, 6) is 0.239. The van der Waals surface area contributed by atoms with Crippen LogP contribution in [0.4, 0.5) is 0 Å². The fourth-order valence-electron chi connectivity index (χ4n) is 2.60. The van der Waals surface area contributed by atoms with Crippen molar-refractivity contribution in [1.29, 1.82) is 0 Å². The second-order valence-corrected chi connectivity index (χ2v) is 5.97. The molecule has 0 amide bonds. The molecule has 0 N–H and O–H groups in total. The normalized spacial score (nSPS) is 11.2. The summed E-state index contributed by atoms with van der Waals surface area (Å²) in [6.07, 6.45) is 4.44. The van der Waals surface area contributed by atoms with Crippen molar-refractivity contribution in [2.45, 2.75) is 39.5 Å². The molecule has 1 aromatic carbocycles. The first kappa shape index (κ1) is 18.0. The molecular weight excluding hydrogens is 332 g/mol. The smallest absolute Gasteiger partial charge is 0.341 e. The molecule has 0 radical (unpaired) electrons. The maximum atomic E-state index is 11.8. The van der Waals surface area contributed by atoms with Crippen molar-refractivity contribution in [3.63, 3.8) is 0 Å². The molecule has 0 fully saturated rings. The molecule has 118 valence electrons. The maximum absolute atomic E-state index is 11.8. The lowest BCUT2D eigenvalue weighted by atomic mass is 9.82. The minimum absolute atomic E-state index is 0.118. The Bertz CT molecular complexity index is 439. The summed E-state index contributed by atoms with van der Waals surface area (Å²) >= 11 is 3.64.